The Morgan fingerprint density at radius 3 is 2.54 bits per heavy atom. The van der Waals surface area contributed by atoms with Gasteiger partial charge in [-0.15, -0.1) is 0 Å². The molecule has 1 rings (SSSR count). The molecule has 1 saturated heterocycles. The van der Waals surface area contributed by atoms with E-state index in [9.17, 15) is 5.11 Å². The molecule has 0 aromatic heterocycles. The Hall–Kier alpha value is -0.120. The predicted molar refractivity (Wildman–Crippen MR) is 54.5 cm³/mol. The van der Waals surface area contributed by atoms with Crippen LogP contribution in [0.1, 0.15) is 26.2 Å². The van der Waals surface area contributed by atoms with Crippen LogP contribution in [0.15, 0.2) is 0 Å². The molecular weight excluding hydrogens is 164 g/mol. The molecule has 2 N–H and O–H groups in total. The standard InChI is InChI=1S/C10H22N2O/c1-3-6-12-7-4-9(5-8-12)10(13)11-2/h9-11,13H,3-8H2,1-2H3. The van der Waals surface area contributed by atoms with E-state index in [4.69, 9.17) is 0 Å². The second-order valence-corrected chi connectivity index (χ2v) is 3.91. The van der Waals surface area contributed by atoms with Gasteiger partial charge in [-0.2, -0.15) is 0 Å². The molecule has 13 heavy (non-hydrogen) atoms. The molecule has 3 heteroatoms. The van der Waals surface area contributed by atoms with Gasteiger partial charge in [0.05, 0.1) is 0 Å². The largest absolute Gasteiger partial charge is 0.378 e. The second-order valence-electron chi connectivity index (χ2n) is 3.91. The first-order chi connectivity index (χ1) is 6.27. The van der Waals surface area contributed by atoms with Crippen molar-refractivity contribution in [1.29, 1.82) is 0 Å². The van der Waals surface area contributed by atoms with Crippen LogP contribution in [0.5, 0.6) is 0 Å². The average molecular weight is 186 g/mol. The van der Waals surface area contributed by atoms with E-state index in [0.29, 0.717) is 5.92 Å². The normalized spacial score (nSPS) is 23.3. The lowest BCUT2D eigenvalue weighted by molar-refractivity contribution is 0.0415. The molecule has 1 aliphatic rings. The number of nitrogens with one attached hydrogen (secondary N) is 1. The lowest BCUT2D eigenvalue weighted by Gasteiger charge is -2.33. The van der Waals surface area contributed by atoms with Crippen LogP contribution in [-0.4, -0.2) is 42.9 Å². The third kappa shape index (κ3) is 3.25. The molecule has 0 spiro atoms. The quantitative estimate of drug-likeness (QED) is 0.633. The number of likely N-dealkylation sites (tertiary alicyclic amines) is 1. The van der Waals surface area contributed by atoms with Gasteiger partial charge in [0.1, 0.15) is 6.23 Å². The predicted octanol–water partition coefficient (Wildman–Crippen LogP) is 0.646. The number of aliphatic hydroxyl groups excluding tert-OH is 1. The maximum Gasteiger partial charge on any atom is 0.107 e. The van der Waals surface area contributed by atoms with Crippen LogP contribution >= 0.6 is 0 Å². The molecule has 0 aromatic carbocycles. The Morgan fingerprint density at radius 1 is 1.46 bits per heavy atom. The van der Waals surface area contributed by atoms with Gasteiger partial charge in [-0.05, 0) is 45.9 Å². The third-order valence-electron chi connectivity index (χ3n) is 2.91. The van der Waals surface area contributed by atoms with E-state index in [0.717, 1.165) is 25.9 Å². The van der Waals surface area contributed by atoms with Crippen LogP contribution in [-0.2, 0) is 0 Å². The van der Waals surface area contributed by atoms with Gasteiger partial charge in [0, 0.05) is 5.92 Å². The van der Waals surface area contributed by atoms with E-state index in [2.05, 4.69) is 17.1 Å². The lowest BCUT2D eigenvalue weighted by Crippen LogP contribution is -2.42. The molecule has 1 unspecified atom stereocenters. The second kappa shape index (κ2) is 5.58. The summed E-state index contributed by atoms with van der Waals surface area (Å²) in [7, 11) is 1.82. The summed E-state index contributed by atoms with van der Waals surface area (Å²) < 4.78 is 0. The van der Waals surface area contributed by atoms with Crippen LogP contribution in [0.25, 0.3) is 0 Å². The molecular formula is C10H22N2O. The first-order valence-corrected chi connectivity index (χ1v) is 5.35. The van der Waals surface area contributed by atoms with Crippen molar-refractivity contribution in [3.05, 3.63) is 0 Å². The molecule has 1 aliphatic heterocycles. The minimum Gasteiger partial charge on any atom is -0.378 e. The van der Waals surface area contributed by atoms with E-state index in [1.165, 1.54) is 13.0 Å². The molecule has 0 bridgehead atoms. The molecule has 0 aromatic rings. The number of rotatable bonds is 4. The molecule has 1 heterocycles. The van der Waals surface area contributed by atoms with E-state index >= 15 is 0 Å². The zero-order valence-electron chi connectivity index (χ0n) is 8.79. The summed E-state index contributed by atoms with van der Waals surface area (Å²) in [6.45, 7) is 5.73. The molecule has 1 fully saturated rings. The van der Waals surface area contributed by atoms with E-state index in [-0.39, 0.29) is 6.23 Å². The number of hydrogen-bond acceptors (Lipinski definition) is 3. The molecule has 0 aliphatic carbocycles. The van der Waals surface area contributed by atoms with Crippen molar-refractivity contribution in [1.82, 2.24) is 10.2 Å². The van der Waals surface area contributed by atoms with E-state index in [1.807, 2.05) is 7.05 Å². The van der Waals surface area contributed by atoms with Gasteiger partial charge in [0.2, 0.25) is 0 Å². The SMILES string of the molecule is CCCN1CCC(C(O)NC)CC1. The molecule has 0 radical (unpaired) electrons. The van der Waals surface area contributed by atoms with Crippen LogP contribution in [0.3, 0.4) is 0 Å². The first-order valence-electron chi connectivity index (χ1n) is 5.35. The summed E-state index contributed by atoms with van der Waals surface area (Å²) in [5.74, 6) is 0.457. The number of nitrogens with zero attached hydrogens (tertiary/aromatic N) is 1. The van der Waals surface area contributed by atoms with Crippen molar-refractivity contribution in [3.63, 3.8) is 0 Å². The van der Waals surface area contributed by atoms with Crippen molar-refractivity contribution in [3.8, 4) is 0 Å². The van der Waals surface area contributed by atoms with Gasteiger partial charge in [0.25, 0.3) is 0 Å². The van der Waals surface area contributed by atoms with E-state index in [1.54, 1.807) is 0 Å². The Kier molecular flexibility index (Phi) is 4.70. The van der Waals surface area contributed by atoms with Crippen LogP contribution in [0.2, 0.25) is 0 Å². The Labute approximate surface area is 81.1 Å². The van der Waals surface area contributed by atoms with Gasteiger partial charge in [-0.1, -0.05) is 6.92 Å². The average Bonchev–Trinajstić information content (AvgIpc) is 2.18. The van der Waals surface area contributed by atoms with Crippen molar-refractivity contribution < 1.29 is 5.11 Å². The van der Waals surface area contributed by atoms with Crippen molar-refractivity contribution >= 4 is 0 Å². The molecule has 78 valence electrons. The summed E-state index contributed by atoms with van der Waals surface area (Å²) in [6.07, 6.45) is 3.19. The summed E-state index contributed by atoms with van der Waals surface area (Å²) in [6, 6.07) is 0. The maximum atomic E-state index is 9.57. The summed E-state index contributed by atoms with van der Waals surface area (Å²) in [5, 5.41) is 12.5. The van der Waals surface area contributed by atoms with Gasteiger partial charge in [0.15, 0.2) is 0 Å². The summed E-state index contributed by atoms with van der Waals surface area (Å²) in [5.41, 5.74) is 0. The van der Waals surface area contributed by atoms with Gasteiger partial charge >= 0.3 is 0 Å². The zero-order valence-corrected chi connectivity index (χ0v) is 8.79. The maximum absolute atomic E-state index is 9.57. The first kappa shape index (κ1) is 11.0. The van der Waals surface area contributed by atoms with Crippen LogP contribution in [0.4, 0.5) is 0 Å². The molecule has 1 atom stereocenters. The minimum absolute atomic E-state index is 0.302. The fourth-order valence-electron chi connectivity index (χ4n) is 2.04. The van der Waals surface area contributed by atoms with Gasteiger partial charge in [-0.25, -0.2) is 0 Å². The number of hydrogen-bond donors (Lipinski definition) is 2. The fraction of sp³-hybridized carbons (Fsp3) is 1.00. The fourth-order valence-corrected chi connectivity index (χ4v) is 2.04. The highest BCUT2D eigenvalue weighted by Gasteiger charge is 2.23. The van der Waals surface area contributed by atoms with Gasteiger partial charge < -0.3 is 10.0 Å². The smallest absolute Gasteiger partial charge is 0.107 e. The van der Waals surface area contributed by atoms with Crippen molar-refractivity contribution in [2.75, 3.05) is 26.7 Å². The van der Waals surface area contributed by atoms with Crippen molar-refractivity contribution in [2.24, 2.45) is 5.92 Å². The lowest BCUT2D eigenvalue weighted by atomic mass is 9.95. The highest BCUT2D eigenvalue weighted by molar-refractivity contribution is 4.75. The Balaban J connectivity index is 2.22. The molecule has 3 nitrogen and oxygen atoms in total. The summed E-state index contributed by atoms with van der Waals surface area (Å²) >= 11 is 0. The molecule has 0 amide bonds. The zero-order chi connectivity index (χ0) is 9.68. The highest BCUT2D eigenvalue weighted by atomic mass is 16.3. The Bertz CT molecular complexity index is 133. The third-order valence-corrected chi connectivity index (χ3v) is 2.91. The monoisotopic (exact) mass is 186 g/mol. The minimum atomic E-state index is -0.302. The summed E-state index contributed by atoms with van der Waals surface area (Å²) in [4.78, 5) is 2.49. The highest BCUT2D eigenvalue weighted by Crippen LogP contribution is 2.19. The van der Waals surface area contributed by atoms with Crippen molar-refractivity contribution in [2.45, 2.75) is 32.4 Å². The topological polar surface area (TPSA) is 35.5 Å². The van der Waals surface area contributed by atoms with Crippen LogP contribution in [0, 0.1) is 5.92 Å². The Morgan fingerprint density at radius 2 is 2.08 bits per heavy atom. The van der Waals surface area contributed by atoms with Gasteiger partial charge in [-0.3, -0.25) is 5.32 Å². The molecule has 0 saturated carbocycles. The number of piperidine rings is 1. The van der Waals surface area contributed by atoms with Crippen LogP contribution < -0.4 is 5.32 Å². The van der Waals surface area contributed by atoms with E-state index < -0.39 is 0 Å². The number of aliphatic hydroxyl groups is 1.